The van der Waals surface area contributed by atoms with Gasteiger partial charge < -0.3 is 5.41 Å². The summed E-state index contributed by atoms with van der Waals surface area (Å²) in [7, 11) is 0. The summed E-state index contributed by atoms with van der Waals surface area (Å²) in [6, 6.07) is 0. The third-order valence-corrected chi connectivity index (χ3v) is 3.14. The summed E-state index contributed by atoms with van der Waals surface area (Å²) in [4.78, 5) is 0. The zero-order valence-corrected chi connectivity index (χ0v) is 11.2. The molecule has 1 nitrogen and oxygen atoms in total. The van der Waals surface area contributed by atoms with Crippen LogP contribution in [0.4, 0.5) is 0 Å². The van der Waals surface area contributed by atoms with Crippen molar-refractivity contribution < 1.29 is 0 Å². The molecule has 0 aliphatic carbocycles. The minimum absolute atomic E-state index is 0.333. The second kappa shape index (κ2) is 6.84. The van der Waals surface area contributed by atoms with Crippen LogP contribution < -0.4 is 0 Å². The molecule has 86 valence electrons. The molecular formula is C13H22ClN. The lowest BCUT2D eigenvalue weighted by atomic mass is 9.93. The van der Waals surface area contributed by atoms with Crippen LogP contribution in [0.5, 0.6) is 0 Å². The van der Waals surface area contributed by atoms with Gasteiger partial charge in [-0.3, -0.25) is 0 Å². The Balaban J connectivity index is 4.84. The largest absolute Gasteiger partial charge is 0.309 e. The van der Waals surface area contributed by atoms with Gasteiger partial charge in [-0.15, -0.1) is 0 Å². The fourth-order valence-electron chi connectivity index (χ4n) is 1.32. The molecule has 0 heterocycles. The molecule has 0 amide bonds. The molecule has 0 aromatic heterocycles. The fraction of sp³-hybridized carbons (Fsp3) is 0.615. The third kappa shape index (κ3) is 4.65. The van der Waals surface area contributed by atoms with E-state index in [0.29, 0.717) is 5.92 Å². The van der Waals surface area contributed by atoms with Crippen molar-refractivity contribution >= 4 is 17.3 Å². The third-order valence-electron chi connectivity index (χ3n) is 2.81. The number of hydrogen-bond donors (Lipinski definition) is 1. The van der Waals surface area contributed by atoms with Gasteiger partial charge in [0.2, 0.25) is 0 Å². The Morgan fingerprint density at radius 2 is 1.87 bits per heavy atom. The minimum Gasteiger partial charge on any atom is -0.309 e. The van der Waals surface area contributed by atoms with E-state index < -0.39 is 0 Å². The molecule has 0 spiro atoms. The van der Waals surface area contributed by atoms with Gasteiger partial charge >= 0.3 is 0 Å². The van der Waals surface area contributed by atoms with E-state index in [4.69, 9.17) is 17.0 Å². The molecule has 15 heavy (non-hydrogen) atoms. The van der Waals surface area contributed by atoms with E-state index in [9.17, 15) is 0 Å². The van der Waals surface area contributed by atoms with Gasteiger partial charge in [-0.05, 0) is 37.3 Å². The van der Waals surface area contributed by atoms with Crippen LogP contribution in [0.3, 0.4) is 0 Å². The zero-order valence-electron chi connectivity index (χ0n) is 10.4. The van der Waals surface area contributed by atoms with Crippen molar-refractivity contribution in [1.82, 2.24) is 0 Å². The van der Waals surface area contributed by atoms with Crippen molar-refractivity contribution in [2.24, 2.45) is 5.92 Å². The molecule has 0 saturated carbocycles. The highest BCUT2D eigenvalue weighted by Gasteiger charge is 2.08. The van der Waals surface area contributed by atoms with Crippen molar-refractivity contribution in [3.05, 3.63) is 22.3 Å². The van der Waals surface area contributed by atoms with E-state index in [1.54, 1.807) is 5.54 Å². The normalized spacial score (nSPS) is 14.2. The Labute approximate surface area is 98.7 Å². The fourth-order valence-corrected chi connectivity index (χ4v) is 1.48. The van der Waals surface area contributed by atoms with E-state index in [0.717, 1.165) is 24.1 Å². The van der Waals surface area contributed by atoms with Crippen LogP contribution in [-0.2, 0) is 0 Å². The molecule has 0 unspecified atom stereocenters. The maximum atomic E-state index is 7.88. The summed E-state index contributed by atoms with van der Waals surface area (Å²) in [5.41, 5.74) is 6.07. The highest BCUT2D eigenvalue weighted by molar-refractivity contribution is 6.25. The first-order chi connectivity index (χ1) is 6.93. The average molecular weight is 228 g/mol. The Bertz CT molecular complexity index is 285. The van der Waals surface area contributed by atoms with Gasteiger partial charge in [-0.1, -0.05) is 37.9 Å². The van der Waals surface area contributed by atoms with Crippen LogP contribution in [0.1, 0.15) is 47.5 Å². The molecule has 2 heteroatoms. The maximum absolute atomic E-state index is 7.88. The number of halogens is 1. The molecule has 0 aromatic rings. The first-order valence-electron chi connectivity index (χ1n) is 5.47. The molecule has 0 radical (unpaired) electrons. The first kappa shape index (κ1) is 14.4. The lowest BCUT2D eigenvalue weighted by Crippen LogP contribution is -2.07. The van der Waals surface area contributed by atoms with E-state index in [2.05, 4.69) is 27.7 Å². The number of nitrogens with one attached hydrogen (secondary N) is 1. The van der Waals surface area contributed by atoms with E-state index in [1.807, 2.05) is 6.92 Å². The van der Waals surface area contributed by atoms with Crippen molar-refractivity contribution in [3.63, 3.8) is 0 Å². The van der Waals surface area contributed by atoms with Crippen LogP contribution in [0.2, 0.25) is 0 Å². The molecule has 0 bridgehead atoms. The molecule has 0 saturated heterocycles. The Kier molecular flexibility index (Phi) is 6.58. The van der Waals surface area contributed by atoms with Crippen molar-refractivity contribution in [2.45, 2.75) is 47.5 Å². The van der Waals surface area contributed by atoms with Crippen molar-refractivity contribution in [2.75, 3.05) is 0 Å². The smallest absolute Gasteiger partial charge is 0.0155 e. The standard InChI is InChI=1S/C13H22ClN/c1-6-12(7-13(15)9(2)3)11(5)10(4)8-14/h8-9,15H,6-7H2,1-5H3. The highest BCUT2D eigenvalue weighted by atomic mass is 35.5. The van der Waals surface area contributed by atoms with Gasteiger partial charge in [0.25, 0.3) is 0 Å². The second-order valence-corrected chi connectivity index (χ2v) is 4.45. The molecule has 0 aliphatic rings. The average Bonchev–Trinajstić information content (AvgIpc) is 2.23. The van der Waals surface area contributed by atoms with Gasteiger partial charge in [-0.25, -0.2) is 0 Å². The predicted octanol–water partition coefficient (Wildman–Crippen LogP) is 4.92. The molecule has 1 N–H and O–H groups in total. The molecule has 0 atom stereocenters. The van der Waals surface area contributed by atoms with Crippen molar-refractivity contribution in [3.8, 4) is 0 Å². The van der Waals surface area contributed by atoms with Crippen LogP contribution in [0.25, 0.3) is 0 Å². The molecular weight excluding hydrogens is 206 g/mol. The second-order valence-electron chi connectivity index (χ2n) is 4.23. The Morgan fingerprint density at radius 3 is 2.20 bits per heavy atom. The monoisotopic (exact) mass is 227 g/mol. The topological polar surface area (TPSA) is 23.9 Å². The van der Waals surface area contributed by atoms with Gasteiger partial charge in [0.15, 0.2) is 0 Å². The molecule has 0 fully saturated rings. The van der Waals surface area contributed by atoms with Crippen LogP contribution in [-0.4, -0.2) is 5.71 Å². The number of rotatable bonds is 5. The lowest BCUT2D eigenvalue weighted by molar-refractivity contribution is 0.841. The van der Waals surface area contributed by atoms with Gasteiger partial charge in [0.05, 0.1) is 0 Å². The SMILES string of the molecule is CCC(CC(=N)C(C)C)=C(C)C(C)=CCl. The van der Waals surface area contributed by atoms with Crippen molar-refractivity contribution in [1.29, 1.82) is 5.41 Å². The summed E-state index contributed by atoms with van der Waals surface area (Å²) in [5.74, 6) is 0.333. The molecule has 0 aliphatic heterocycles. The molecule has 0 aromatic carbocycles. The Hall–Kier alpha value is -0.560. The van der Waals surface area contributed by atoms with E-state index >= 15 is 0 Å². The highest BCUT2D eigenvalue weighted by Crippen LogP contribution is 2.21. The summed E-state index contributed by atoms with van der Waals surface area (Å²) >= 11 is 5.70. The quantitative estimate of drug-likeness (QED) is 0.509. The number of hydrogen-bond acceptors (Lipinski definition) is 1. The predicted molar refractivity (Wildman–Crippen MR) is 69.8 cm³/mol. The van der Waals surface area contributed by atoms with Gasteiger partial charge in [0, 0.05) is 17.7 Å². The summed E-state index contributed by atoms with van der Waals surface area (Å²) < 4.78 is 0. The summed E-state index contributed by atoms with van der Waals surface area (Å²) in [6.45, 7) is 10.4. The van der Waals surface area contributed by atoms with Crippen LogP contribution in [0.15, 0.2) is 22.3 Å². The molecule has 0 rings (SSSR count). The van der Waals surface area contributed by atoms with Gasteiger partial charge in [-0.2, -0.15) is 0 Å². The Morgan fingerprint density at radius 1 is 1.33 bits per heavy atom. The first-order valence-corrected chi connectivity index (χ1v) is 5.90. The van der Waals surface area contributed by atoms with Crippen LogP contribution in [0, 0.1) is 11.3 Å². The van der Waals surface area contributed by atoms with Crippen LogP contribution >= 0.6 is 11.6 Å². The minimum atomic E-state index is 0.333. The summed E-state index contributed by atoms with van der Waals surface area (Å²) in [6.07, 6.45) is 1.77. The lowest BCUT2D eigenvalue weighted by Gasteiger charge is -2.13. The van der Waals surface area contributed by atoms with E-state index in [1.165, 1.54) is 11.1 Å². The van der Waals surface area contributed by atoms with Gasteiger partial charge in [0.1, 0.15) is 0 Å². The zero-order chi connectivity index (χ0) is 12.0. The summed E-state index contributed by atoms with van der Waals surface area (Å²) in [5, 5.41) is 7.88. The maximum Gasteiger partial charge on any atom is 0.0155 e. The number of allylic oxidation sites excluding steroid dienone is 3. The van der Waals surface area contributed by atoms with E-state index in [-0.39, 0.29) is 0 Å².